The van der Waals surface area contributed by atoms with Crippen LogP contribution in [-0.2, 0) is 6.42 Å². The quantitative estimate of drug-likeness (QED) is 0.770. The molecule has 2 aromatic rings. The SMILES string of the molecule is CN1CCN(c2ccc(/C=C3\CCc4cc(F)ccc4C3=O)cc2)CC1. The molecule has 2 aromatic carbocycles. The maximum absolute atomic E-state index is 13.3. The van der Waals surface area contributed by atoms with Crippen LogP contribution in [0.4, 0.5) is 10.1 Å². The van der Waals surface area contributed by atoms with E-state index in [0.717, 1.165) is 42.9 Å². The lowest BCUT2D eigenvalue weighted by atomic mass is 9.86. The van der Waals surface area contributed by atoms with E-state index in [0.29, 0.717) is 18.4 Å². The number of nitrogens with zero attached hydrogens (tertiary/aromatic N) is 2. The van der Waals surface area contributed by atoms with Crippen LogP contribution in [0.5, 0.6) is 0 Å². The van der Waals surface area contributed by atoms with Gasteiger partial charge in [0.05, 0.1) is 0 Å². The number of allylic oxidation sites excluding steroid dienone is 1. The van der Waals surface area contributed by atoms with Gasteiger partial charge in [-0.2, -0.15) is 0 Å². The molecule has 0 radical (unpaired) electrons. The van der Waals surface area contributed by atoms with Crippen LogP contribution < -0.4 is 4.90 Å². The molecule has 4 heteroatoms. The van der Waals surface area contributed by atoms with Crippen LogP contribution in [-0.4, -0.2) is 43.9 Å². The zero-order chi connectivity index (χ0) is 18.1. The van der Waals surface area contributed by atoms with Crippen LogP contribution in [0, 0.1) is 5.82 Å². The number of hydrogen-bond donors (Lipinski definition) is 0. The van der Waals surface area contributed by atoms with Crippen LogP contribution in [0.25, 0.3) is 6.08 Å². The van der Waals surface area contributed by atoms with Crippen LogP contribution in [0.3, 0.4) is 0 Å². The molecule has 1 heterocycles. The zero-order valence-electron chi connectivity index (χ0n) is 15.0. The minimum absolute atomic E-state index is 0.0226. The molecule has 1 aliphatic heterocycles. The van der Waals surface area contributed by atoms with Gasteiger partial charge < -0.3 is 9.80 Å². The average Bonchev–Trinajstić information content (AvgIpc) is 2.65. The summed E-state index contributed by atoms with van der Waals surface area (Å²) in [5.41, 5.74) is 4.53. The van der Waals surface area contributed by atoms with Gasteiger partial charge >= 0.3 is 0 Å². The Morgan fingerprint density at radius 3 is 2.42 bits per heavy atom. The Bertz CT molecular complexity index is 849. The van der Waals surface area contributed by atoms with Gasteiger partial charge in [0.25, 0.3) is 0 Å². The highest BCUT2D eigenvalue weighted by Crippen LogP contribution is 2.28. The molecule has 0 unspecified atom stereocenters. The van der Waals surface area contributed by atoms with Crippen LogP contribution in [0.1, 0.15) is 27.9 Å². The number of hydrogen-bond acceptors (Lipinski definition) is 3. The molecule has 0 bridgehead atoms. The van der Waals surface area contributed by atoms with Crippen LogP contribution in [0.15, 0.2) is 48.0 Å². The van der Waals surface area contributed by atoms with E-state index in [9.17, 15) is 9.18 Å². The van der Waals surface area contributed by atoms with Gasteiger partial charge in [-0.3, -0.25) is 4.79 Å². The lowest BCUT2D eigenvalue weighted by Crippen LogP contribution is -2.44. The van der Waals surface area contributed by atoms with E-state index >= 15 is 0 Å². The van der Waals surface area contributed by atoms with Crippen molar-refractivity contribution in [2.45, 2.75) is 12.8 Å². The molecule has 4 rings (SSSR count). The van der Waals surface area contributed by atoms with Gasteiger partial charge in [0.1, 0.15) is 5.82 Å². The van der Waals surface area contributed by atoms with Crippen LogP contribution in [0.2, 0.25) is 0 Å². The molecule has 26 heavy (non-hydrogen) atoms. The fraction of sp³-hybridized carbons (Fsp3) is 0.318. The summed E-state index contributed by atoms with van der Waals surface area (Å²) in [5, 5.41) is 0. The number of piperazine rings is 1. The number of anilines is 1. The van der Waals surface area contributed by atoms with Crippen molar-refractivity contribution in [3.8, 4) is 0 Å². The largest absolute Gasteiger partial charge is 0.369 e. The maximum atomic E-state index is 13.3. The molecule has 0 saturated carbocycles. The van der Waals surface area contributed by atoms with Crippen molar-refractivity contribution >= 4 is 17.5 Å². The third-order valence-corrected chi connectivity index (χ3v) is 5.37. The number of benzene rings is 2. The van der Waals surface area contributed by atoms with E-state index in [1.165, 1.54) is 17.8 Å². The van der Waals surface area contributed by atoms with Gasteiger partial charge in [-0.25, -0.2) is 4.39 Å². The predicted molar refractivity (Wildman–Crippen MR) is 103 cm³/mol. The average molecular weight is 350 g/mol. The van der Waals surface area contributed by atoms with E-state index < -0.39 is 0 Å². The molecule has 0 N–H and O–H groups in total. The van der Waals surface area contributed by atoms with E-state index in [4.69, 9.17) is 0 Å². The molecule has 1 aliphatic carbocycles. The number of carbonyl (C=O) groups is 1. The summed E-state index contributed by atoms with van der Waals surface area (Å²) >= 11 is 0. The minimum Gasteiger partial charge on any atom is -0.369 e. The van der Waals surface area contributed by atoms with Gasteiger partial charge in [0, 0.05) is 43.0 Å². The predicted octanol–water partition coefficient (Wildman–Crippen LogP) is 3.79. The van der Waals surface area contributed by atoms with Gasteiger partial charge in [-0.15, -0.1) is 0 Å². The number of carbonyl (C=O) groups excluding carboxylic acids is 1. The topological polar surface area (TPSA) is 23.6 Å². The highest BCUT2D eigenvalue weighted by Gasteiger charge is 2.22. The Labute approximate surface area is 153 Å². The number of ketones is 1. The monoisotopic (exact) mass is 350 g/mol. The smallest absolute Gasteiger partial charge is 0.189 e. The number of fused-ring (bicyclic) bond motifs is 1. The Hall–Kier alpha value is -2.46. The van der Waals surface area contributed by atoms with Crippen molar-refractivity contribution in [2.24, 2.45) is 0 Å². The maximum Gasteiger partial charge on any atom is 0.189 e. The van der Waals surface area contributed by atoms with Gasteiger partial charge in [-0.05, 0) is 67.4 Å². The number of Topliss-reactive ketones (excluding diaryl/α,β-unsaturated/α-hetero) is 1. The first-order valence-corrected chi connectivity index (χ1v) is 9.17. The van der Waals surface area contributed by atoms with Crippen molar-refractivity contribution in [3.63, 3.8) is 0 Å². The van der Waals surface area contributed by atoms with E-state index in [1.54, 1.807) is 6.07 Å². The summed E-state index contributed by atoms with van der Waals surface area (Å²) in [5.74, 6) is -0.252. The number of halogens is 1. The summed E-state index contributed by atoms with van der Waals surface area (Å²) < 4.78 is 13.3. The van der Waals surface area contributed by atoms with Gasteiger partial charge in [0.15, 0.2) is 5.78 Å². The standard InChI is InChI=1S/C22H23FN2O/c1-24-10-12-25(13-11-24)20-7-2-16(3-8-20)14-18-5-4-17-15-19(23)6-9-21(17)22(18)26/h2-3,6-9,14-15H,4-5,10-13H2,1H3/b18-14+. The fourth-order valence-electron chi connectivity index (χ4n) is 3.73. The highest BCUT2D eigenvalue weighted by atomic mass is 19.1. The molecule has 0 spiro atoms. The molecule has 0 aromatic heterocycles. The summed E-state index contributed by atoms with van der Waals surface area (Å²) in [4.78, 5) is 17.4. The second-order valence-corrected chi connectivity index (χ2v) is 7.18. The Kier molecular flexibility index (Phi) is 4.60. The minimum atomic E-state index is -0.275. The normalized spacial score (nSPS) is 19.7. The second-order valence-electron chi connectivity index (χ2n) is 7.18. The lowest BCUT2D eigenvalue weighted by molar-refractivity contribution is 0.102. The van der Waals surface area contributed by atoms with Crippen LogP contribution >= 0.6 is 0 Å². The Morgan fingerprint density at radius 2 is 1.69 bits per heavy atom. The van der Waals surface area contributed by atoms with E-state index in [1.807, 2.05) is 6.08 Å². The van der Waals surface area contributed by atoms with E-state index in [-0.39, 0.29) is 11.6 Å². The van der Waals surface area contributed by atoms with E-state index in [2.05, 4.69) is 41.1 Å². The third-order valence-electron chi connectivity index (χ3n) is 5.37. The summed E-state index contributed by atoms with van der Waals surface area (Å²) in [6, 6.07) is 12.9. The molecule has 3 nitrogen and oxygen atoms in total. The van der Waals surface area contributed by atoms with Gasteiger partial charge in [-0.1, -0.05) is 12.1 Å². The first kappa shape index (κ1) is 17.0. The van der Waals surface area contributed by atoms with Crippen molar-refractivity contribution < 1.29 is 9.18 Å². The molecule has 1 saturated heterocycles. The Morgan fingerprint density at radius 1 is 0.962 bits per heavy atom. The molecule has 1 fully saturated rings. The van der Waals surface area contributed by atoms with Crippen molar-refractivity contribution in [1.82, 2.24) is 4.90 Å². The lowest BCUT2D eigenvalue weighted by Gasteiger charge is -2.34. The highest BCUT2D eigenvalue weighted by molar-refractivity contribution is 6.13. The molecule has 2 aliphatic rings. The Balaban J connectivity index is 1.52. The number of aryl methyl sites for hydroxylation is 1. The van der Waals surface area contributed by atoms with Crippen molar-refractivity contribution in [3.05, 3.63) is 70.5 Å². The van der Waals surface area contributed by atoms with Crippen molar-refractivity contribution in [1.29, 1.82) is 0 Å². The number of likely N-dealkylation sites (N-methyl/N-ethyl adjacent to an activating group) is 1. The fourth-order valence-corrected chi connectivity index (χ4v) is 3.73. The molecular formula is C22H23FN2O. The molecule has 0 amide bonds. The third kappa shape index (κ3) is 3.42. The summed E-state index contributed by atoms with van der Waals surface area (Å²) in [6.45, 7) is 4.26. The van der Waals surface area contributed by atoms with Gasteiger partial charge in [0.2, 0.25) is 0 Å². The first-order chi connectivity index (χ1) is 12.6. The molecule has 0 atom stereocenters. The zero-order valence-corrected chi connectivity index (χ0v) is 15.0. The summed E-state index contributed by atoms with van der Waals surface area (Å²) in [6.07, 6.45) is 3.35. The van der Waals surface area contributed by atoms with Crippen molar-refractivity contribution in [2.75, 3.05) is 38.1 Å². The summed E-state index contributed by atoms with van der Waals surface area (Å²) in [7, 11) is 2.15. The molecule has 134 valence electrons. The second kappa shape index (κ2) is 7.04. The number of rotatable bonds is 2. The molecular weight excluding hydrogens is 327 g/mol. The first-order valence-electron chi connectivity index (χ1n) is 9.17.